The zero-order valence-electron chi connectivity index (χ0n) is 33.4. The van der Waals surface area contributed by atoms with E-state index >= 15 is 0 Å². The number of rotatable bonds is 17. The maximum Gasteiger partial charge on any atom is 0.306 e. The second kappa shape index (κ2) is 17.0. The Bertz CT molecular complexity index is 1120. The van der Waals surface area contributed by atoms with Gasteiger partial charge < -0.3 is 19.5 Å². The Morgan fingerprint density at radius 2 is 1.65 bits per heavy atom. The summed E-state index contributed by atoms with van der Waals surface area (Å²) < 4.78 is 17.8. The average molecular weight is 686 g/mol. The van der Waals surface area contributed by atoms with Gasteiger partial charge >= 0.3 is 5.97 Å². The third-order valence-electron chi connectivity index (χ3n) is 13.5. The molecule has 0 aromatic carbocycles. The molecule has 0 radical (unpaired) electrons. The molecule has 1 N–H and O–H groups in total. The maximum atomic E-state index is 12.8. The van der Waals surface area contributed by atoms with Gasteiger partial charge in [-0.1, -0.05) is 65.5 Å². The SMILES string of the molecule is CC(C)CCCC(C)C1CCC2C3CC=C4CC(OC(=O)CCC(=O)NCCCOC(C)(C)CCOC(C)(C)C)CCC4(C)C3CCC12C. The van der Waals surface area contributed by atoms with Crippen LogP contribution < -0.4 is 5.32 Å². The monoisotopic (exact) mass is 686 g/mol. The topological polar surface area (TPSA) is 73.9 Å². The zero-order chi connectivity index (χ0) is 36.0. The molecule has 3 fully saturated rings. The van der Waals surface area contributed by atoms with Gasteiger partial charge in [0.2, 0.25) is 5.91 Å². The smallest absolute Gasteiger partial charge is 0.306 e. The van der Waals surface area contributed by atoms with Crippen molar-refractivity contribution in [3.8, 4) is 0 Å². The molecule has 3 saturated carbocycles. The fourth-order valence-electron chi connectivity index (χ4n) is 10.6. The number of carbonyl (C=O) groups is 2. The number of fused-ring (bicyclic) bond motifs is 5. The number of amides is 1. The van der Waals surface area contributed by atoms with Crippen molar-refractivity contribution >= 4 is 11.9 Å². The second-order valence-electron chi connectivity index (χ2n) is 19.2. The number of ether oxygens (including phenoxy) is 3. The van der Waals surface area contributed by atoms with E-state index in [4.69, 9.17) is 14.2 Å². The lowest BCUT2D eigenvalue weighted by atomic mass is 9.47. The predicted molar refractivity (Wildman–Crippen MR) is 200 cm³/mol. The molecule has 8 unspecified atom stereocenters. The highest BCUT2D eigenvalue weighted by atomic mass is 16.5. The van der Waals surface area contributed by atoms with E-state index in [1.54, 1.807) is 5.57 Å². The lowest BCUT2D eigenvalue weighted by Crippen LogP contribution is -2.51. The third-order valence-corrected chi connectivity index (χ3v) is 13.5. The van der Waals surface area contributed by atoms with Crippen molar-refractivity contribution in [2.24, 2.45) is 46.3 Å². The van der Waals surface area contributed by atoms with E-state index in [1.807, 2.05) is 0 Å². The molecule has 0 aromatic heterocycles. The van der Waals surface area contributed by atoms with Gasteiger partial charge in [0, 0.05) is 32.6 Å². The number of esters is 1. The molecular formula is C43H75NO5. The first-order chi connectivity index (χ1) is 22.9. The lowest BCUT2D eigenvalue weighted by molar-refractivity contribution is -0.152. The van der Waals surface area contributed by atoms with Crippen molar-refractivity contribution in [1.82, 2.24) is 5.32 Å². The van der Waals surface area contributed by atoms with Crippen molar-refractivity contribution in [2.45, 2.75) is 183 Å². The summed E-state index contributed by atoms with van der Waals surface area (Å²) in [5, 5.41) is 2.94. The zero-order valence-corrected chi connectivity index (χ0v) is 33.4. The molecule has 1 amide bonds. The van der Waals surface area contributed by atoms with Gasteiger partial charge in [-0.05, 0) is 139 Å². The maximum absolute atomic E-state index is 12.8. The van der Waals surface area contributed by atoms with Gasteiger partial charge in [-0.2, -0.15) is 0 Å². The van der Waals surface area contributed by atoms with Crippen LogP contribution in [0.4, 0.5) is 0 Å². The van der Waals surface area contributed by atoms with Crippen LogP contribution in [0.1, 0.15) is 166 Å². The van der Waals surface area contributed by atoms with Gasteiger partial charge in [-0.15, -0.1) is 0 Å². The molecule has 6 nitrogen and oxygen atoms in total. The van der Waals surface area contributed by atoms with Crippen LogP contribution in [0.2, 0.25) is 0 Å². The molecule has 0 aromatic rings. The third kappa shape index (κ3) is 10.8. The highest BCUT2D eigenvalue weighted by Gasteiger charge is 2.59. The molecule has 0 aliphatic heterocycles. The Morgan fingerprint density at radius 3 is 2.37 bits per heavy atom. The number of nitrogens with one attached hydrogen (secondary N) is 1. The molecule has 8 atom stereocenters. The highest BCUT2D eigenvalue weighted by molar-refractivity contribution is 5.81. The largest absolute Gasteiger partial charge is 0.462 e. The Kier molecular flexibility index (Phi) is 14.0. The van der Waals surface area contributed by atoms with Crippen LogP contribution in [0.5, 0.6) is 0 Å². The molecule has 4 rings (SSSR count). The van der Waals surface area contributed by atoms with Crippen LogP contribution in [-0.4, -0.2) is 48.9 Å². The summed E-state index contributed by atoms with van der Waals surface area (Å²) in [5.74, 6) is 4.63. The van der Waals surface area contributed by atoms with Gasteiger partial charge in [0.1, 0.15) is 6.10 Å². The van der Waals surface area contributed by atoms with Crippen LogP contribution >= 0.6 is 0 Å². The molecule has 0 heterocycles. The van der Waals surface area contributed by atoms with Gasteiger partial charge in [0.15, 0.2) is 0 Å². The van der Waals surface area contributed by atoms with Gasteiger partial charge in [0.05, 0.1) is 17.6 Å². The standard InChI is InChI=1S/C43H75NO5/c1-30(2)13-11-14-31(3)35-17-18-36-34-16-15-32-29-33(21-23-42(32,9)37(34)22-24-43(35,36)10)49-39(46)20-19-38(45)44-26-12-27-48-41(7,8)25-28-47-40(4,5)6/h15,30-31,33-37H,11-14,16-29H2,1-10H3,(H,44,45). The molecule has 4 aliphatic rings. The first-order valence-corrected chi connectivity index (χ1v) is 20.4. The Balaban J connectivity index is 1.17. The minimum Gasteiger partial charge on any atom is -0.462 e. The van der Waals surface area contributed by atoms with E-state index in [9.17, 15) is 9.59 Å². The van der Waals surface area contributed by atoms with E-state index in [0.29, 0.717) is 25.2 Å². The van der Waals surface area contributed by atoms with E-state index in [1.165, 1.54) is 51.4 Å². The van der Waals surface area contributed by atoms with Gasteiger partial charge in [0.25, 0.3) is 0 Å². The van der Waals surface area contributed by atoms with Crippen LogP contribution in [0, 0.1) is 46.3 Å². The summed E-state index contributed by atoms with van der Waals surface area (Å²) in [5.41, 5.74) is 1.87. The summed E-state index contributed by atoms with van der Waals surface area (Å²) in [7, 11) is 0. The fraction of sp³-hybridized carbons (Fsp3) is 0.907. The lowest BCUT2D eigenvalue weighted by Gasteiger charge is -2.58. The van der Waals surface area contributed by atoms with Crippen molar-refractivity contribution in [3.63, 3.8) is 0 Å². The number of hydrogen-bond acceptors (Lipinski definition) is 5. The molecule has 282 valence electrons. The van der Waals surface area contributed by atoms with Crippen molar-refractivity contribution < 1.29 is 23.8 Å². The first-order valence-electron chi connectivity index (χ1n) is 20.4. The van der Waals surface area contributed by atoms with Crippen molar-refractivity contribution in [1.29, 1.82) is 0 Å². The molecule has 6 heteroatoms. The molecule has 0 saturated heterocycles. The predicted octanol–water partition coefficient (Wildman–Crippen LogP) is 10.2. The van der Waals surface area contributed by atoms with Crippen molar-refractivity contribution in [2.75, 3.05) is 19.8 Å². The number of hydrogen-bond donors (Lipinski definition) is 1. The van der Waals surface area contributed by atoms with E-state index in [-0.39, 0.29) is 47.4 Å². The Morgan fingerprint density at radius 1 is 0.898 bits per heavy atom. The van der Waals surface area contributed by atoms with E-state index in [2.05, 4.69) is 80.6 Å². The molecule has 0 spiro atoms. The van der Waals surface area contributed by atoms with Crippen LogP contribution in [0.3, 0.4) is 0 Å². The minimum absolute atomic E-state index is 0.0582. The summed E-state index contributed by atoms with van der Waals surface area (Å²) in [6.45, 7) is 24.6. The fourth-order valence-corrected chi connectivity index (χ4v) is 10.6. The molecule has 4 aliphatic carbocycles. The van der Waals surface area contributed by atoms with Gasteiger partial charge in [-0.25, -0.2) is 0 Å². The summed E-state index contributed by atoms with van der Waals surface area (Å²) in [6, 6.07) is 0. The van der Waals surface area contributed by atoms with Crippen LogP contribution in [-0.2, 0) is 23.8 Å². The normalized spacial score (nSPS) is 32.1. The second-order valence-corrected chi connectivity index (χ2v) is 19.2. The minimum atomic E-state index is -0.270. The van der Waals surface area contributed by atoms with E-state index < -0.39 is 0 Å². The van der Waals surface area contributed by atoms with Crippen molar-refractivity contribution in [3.05, 3.63) is 11.6 Å². The summed E-state index contributed by atoms with van der Waals surface area (Å²) in [6.07, 6.45) is 18.2. The van der Waals surface area contributed by atoms with Crippen LogP contribution in [0.15, 0.2) is 11.6 Å². The van der Waals surface area contributed by atoms with E-state index in [0.717, 1.165) is 67.6 Å². The molecule has 49 heavy (non-hydrogen) atoms. The Labute approximate surface area is 301 Å². The van der Waals surface area contributed by atoms with Crippen LogP contribution in [0.25, 0.3) is 0 Å². The first kappa shape index (κ1) is 40.4. The van der Waals surface area contributed by atoms with Gasteiger partial charge in [-0.3, -0.25) is 9.59 Å². The average Bonchev–Trinajstić information content (AvgIpc) is 3.36. The summed E-state index contributed by atoms with van der Waals surface area (Å²) >= 11 is 0. The molecule has 0 bridgehead atoms. The summed E-state index contributed by atoms with van der Waals surface area (Å²) in [4.78, 5) is 25.3. The highest BCUT2D eigenvalue weighted by Crippen LogP contribution is 2.67. The number of allylic oxidation sites excluding steroid dienone is 1. The molecular weight excluding hydrogens is 610 g/mol. The quantitative estimate of drug-likeness (QED) is 0.0937. The Hall–Kier alpha value is -1.40. The number of carbonyl (C=O) groups excluding carboxylic acids is 2.